The second-order valence-electron chi connectivity index (χ2n) is 6.20. The molecule has 0 radical (unpaired) electrons. The van der Waals surface area contributed by atoms with Gasteiger partial charge in [-0.2, -0.15) is 5.10 Å². The number of sulfonamides is 1. The summed E-state index contributed by atoms with van der Waals surface area (Å²) in [7, 11) is -1.43. The van der Waals surface area contributed by atoms with Crippen molar-refractivity contribution in [3.63, 3.8) is 0 Å². The summed E-state index contributed by atoms with van der Waals surface area (Å²) < 4.78 is 28.7. The fraction of sp³-hybridized carbons (Fsp3) is 0.643. The van der Waals surface area contributed by atoms with Crippen LogP contribution in [0.25, 0.3) is 11.0 Å². The van der Waals surface area contributed by atoms with Crippen LogP contribution in [0.15, 0.2) is 12.5 Å². The van der Waals surface area contributed by atoms with Crippen molar-refractivity contribution in [1.82, 2.24) is 24.5 Å². The molecule has 1 fully saturated rings. The molecular formula is C14H22N6O2S. The number of hydrogen-bond acceptors (Lipinski definition) is 6. The summed E-state index contributed by atoms with van der Waals surface area (Å²) >= 11 is 0. The zero-order chi connectivity index (χ0) is 16.6. The SMILES string of the molecule is CC(C)S(=O)(=O)NC1CCCN(c2ncnc3c2cnn3C)C1. The normalized spacial score (nSPS) is 19.7. The van der Waals surface area contributed by atoms with E-state index in [2.05, 4.69) is 24.7 Å². The van der Waals surface area contributed by atoms with Crippen LogP contribution in [0.2, 0.25) is 0 Å². The van der Waals surface area contributed by atoms with Crippen LogP contribution in [0.5, 0.6) is 0 Å². The minimum absolute atomic E-state index is 0.0992. The molecule has 0 amide bonds. The molecule has 0 bridgehead atoms. The van der Waals surface area contributed by atoms with E-state index in [1.54, 1.807) is 24.7 Å². The second kappa shape index (κ2) is 6.04. The summed E-state index contributed by atoms with van der Waals surface area (Å²) in [6.45, 7) is 4.83. The molecule has 0 spiro atoms. The van der Waals surface area contributed by atoms with E-state index in [0.29, 0.717) is 6.54 Å². The Bertz CT molecular complexity index is 801. The maximum Gasteiger partial charge on any atom is 0.214 e. The molecule has 3 rings (SSSR count). The number of anilines is 1. The van der Waals surface area contributed by atoms with Gasteiger partial charge in [0.05, 0.1) is 16.8 Å². The van der Waals surface area contributed by atoms with Gasteiger partial charge in [-0.1, -0.05) is 0 Å². The van der Waals surface area contributed by atoms with Crippen LogP contribution in [0.3, 0.4) is 0 Å². The van der Waals surface area contributed by atoms with Gasteiger partial charge < -0.3 is 4.90 Å². The third-order valence-electron chi connectivity index (χ3n) is 4.18. The summed E-state index contributed by atoms with van der Waals surface area (Å²) in [5.74, 6) is 0.816. The Morgan fingerprint density at radius 3 is 2.87 bits per heavy atom. The number of hydrogen-bond donors (Lipinski definition) is 1. The van der Waals surface area contributed by atoms with Crippen LogP contribution in [0.4, 0.5) is 5.82 Å². The number of piperidine rings is 1. The first-order valence-corrected chi connectivity index (χ1v) is 9.32. The zero-order valence-electron chi connectivity index (χ0n) is 13.6. The third kappa shape index (κ3) is 3.16. The molecule has 1 N–H and O–H groups in total. The summed E-state index contributed by atoms with van der Waals surface area (Å²) in [4.78, 5) is 10.8. The summed E-state index contributed by atoms with van der Waals surface area (Å²) in [6, 6.07) is -0.0992. The molecule has 0 aromatic carbocycles. The first-order valence-electron chi connectivity index (χ1n) is 7.77. The molecule has 2 aromatic heterocycles. The molecule has 23 heavy (non-hydrogen) atoms. The van der Waals surface area contributed by atoms with E-state index in [0.717, 1.165) is 36.2 Å². The molecule has 0 aliphatic carbocycles. The summed E-state index contributed by atoms with van der Waals surface area (Å²) in [5.41, 5.74) is 0.778. The second-order valence-corrected chi connectivity index (χ2v) is 8.47. The van der Waals surface area contributed by atoms with E-state index in [-0.39, 0.29) is 6.04 Å². The van der Waals surface area contributed by atoms with Crippen molar-refractivity contribution in [3.05, 3.63) is 12.5 Å². The molecule has 1 atom stereocenters. The zero-order valence-corrected chi connectivity index (χ0v) is 14.4. The number of rotatable bonds is 4. The first kappa shape index (κ1) is 16.1. The van der Waals surface area contributed by atoms with Gasteiger partial charge in [-0.05, 0) is 26.7 Å². The average Bonchev–Trinajstić information content (AvgIpc) is 2.88. The minimum atomic E-state index is -3.27. The quantitative estimate of drug-likeness (QED) is 0.880. The van der Waals surface area contributed by atoms with Gasteiger partial charge in [0, 0.05) is 26.2 Å². The van der Waals surface area contributed by atoms with Gasteiger partial charge in [0.25, 0.3) is 0 Å². The van der Waals surface area contributed by atoms with Gasteiger partial charge in [-0.3, -0.25) is 4.68 Å². The number of aromatic nitrogens is 4. The highest BCUT2D eigenvalue weighted by Crippen LogP contribution is 2.25. The predicted octanol–water partition coefficient (Wildman–Crippen LogP) is 0.660. The average molecular weight is 338 g/mol. The molecule has 9 heteroatoms. The molecule has 0 saturated carbocycles. The number of fused-ring (bicyclic) bond motifs is 1. The van der Waals surface area contributed by atoms with Gasteiger partial charge >= 0.3 is 0 Å². The standard InChI is InChI=1S/C14H22N6O2S/c1-10(2)23(21,22)18-11-5-4-6-20(8-11)14-12-7-17-19(3)13(12)15-9-16-14/h7,9-11,18H,4-6,8H2,1-3H3. The van der Waals surface area contributed by atoms with Gasteiger partial charge in [-0.15, -0.1) is 0 Å². The Morgan fingerprint density at radius 1 is 1.35 bits per heavy atom. The van der Waals surface area contributed by atoms with E-state index in [4.69, 9.17) is 0 Å². The van der Waals surface area contributed by atoms with Crippen LogP contribution >= 0.6 is 0 Å². The molecule has 1 saturated heterocycles. The molecule has 1 unspecified atom stereocenters. The van der Waals surface area contributed by atoms with E-state index >= 15 is 0 Å². The fourth-order valence-corrected chi connectivity index (χ4v) is 3.76. The monoisotopic (exact) mass is 338 g/mol. The molecule has 2 aromatic rings. The van der Waals surface area contributed by atoms with Crippen LogP contribution in [0.1, 0.15) is 26.7 Å². The van der Waals surface area contributed by atoms with Gasteiger partial charge in [0.15, 0.2) is 5.65 Å². The van der Waals surface area contributed by atoms with E-state index in [9.17, 15) is 8.42 Å². The fourth-order valence-electron chi connectivity index (χ4n) is 2.84. The Balaban J connectivity index is 1.83. The van der Waals surface area contributed by atoms with Crippen molar-refractivity contribution in [2.45, 2.75) is 38.0 Å². The van der Waals surface area contributed by atoms with Gasteiger partial charge in [-0.25, -0.2) is 23.1 Å². The van der Waals surface area contributed by atoms with E-state index < -0.39 is 15.3 Å². The van der Waals surface area contributed by atoms with Crippen molar-refractivity contribution >= 4 is 26.9 Å². The maximum atomic E-state index is 12.1. The van der Waals surface area contributed by atoms with Crippen LogP contribution < -0.4 is 9.62 Å². The van der Waals surface area contributed by atoms with Crippen molar-refractivity contribution in [1.29, 1.82) is 0 Å². The summed E-state index contributed by atoms with van der Waals surface area (Å²) in [6.07, 6.45) is 5.04. The summed E-state index contributed by atoms with van der Waals surface area (Å²) in [5, 5.41) is 4.69. The van der Waals surface area contributed by atoms with E-state index in [1.807, 2.05) is 7.05 Å². The Hall–Kier alpha value is -1.74. The maximum absolute atomic E-state index is 12.1. The smallest absolute Gasteiger partial charge is 0.214 e. The van der Waals surface area contributed by atoms with Crippen molar-refractivity contribution in [3.8, 4) is 0 Å². The molecule has 1 aliphatic heterocycles. The largest absolute Gasteiger partial charge is 0.354 e. The minimum Gasteiger partial charge on any atom is -0.354 e. The highest BCUT2D eigenvalue weighted by atomic mass is 32.2. The number of nitrogens with one attached hydrogen (secondary N) is 1. The number of aryl methyl sites for hydroxylation is 1. The van der Waals surface area contributed by atoms with Crippen LogP contribution in [0, 0.1) is 0 Å². The van der Waals surface area contributed by atoms with Crippen LogP contribution in [-0.4, -0.2) is 52.5 Å². The lowest BCUT2D eigenvalue weighted by molar-refractivity contribution is 0.462. The van der Waals surface area contributed by atoms with Crippen molar-refractivity contribution in [2.24, 2.45) is 7.05 Å². The lowest BCUT2D eigenvalue weighted by Crippen LogP contribution is -2.49. The number of nitrogens with zero attached hydrogens (tertiary/aromatic N) is 5. The molecule has 1 aliphatic rings. The third-order valence-corrected chi connectivity index (χ3v) is 6.08. The van der Waals surface area contributed by atoms with Crippen LogP contribution in [-0.2, 0) is 17.1 Å². The lowest BCUT2D eigenvalue weighted by Gasteiger charge is -2.34. The van der Waals surface area contributed by atoms with Gasteiger partial charge in [0.2, 0.25) is 10.0 Å². The lowest BCUT2D eigenvalue weighted by atomic mass is 10.1. The highest BCUT2D eigenvalue weighted by Gasteiger charge is 2.27. The highest BCUT2D eigenvalue weighted by molar-refractivity contribution is 7.90. The molecule has 126 valence electrons. The topological polar surface area (TPSA) is 93.0 Å². The van der Waals surface area contributed by atoms with Crippen molar-refractivity contribution in [2.75, 3.05) is 18.0 Å². The van der Waals surface area contributed by atoms with Crippen molar-refractivity contribution < 1.29 is 8.42 Å². The van der Waals surface area contributed by atoms with Gasteiger partial charge in [0.1, 0.15) is 12.1 Å². The Morgan fingerprint density at radius 2 is 2.13 bits per heavy atom. The molecular weight excluding hydrogens is 316 g/mol. The first-order chi connectivity index (χ1) is 10.9. The Kier molecular flexibility index (Phi) is 4.24. The molecule has 3 heterocycles. The Labute approximate surface area is 136 Å². The van der Waals surface area contributed by atoms with E-state index in [1.165, 1.54) is 6.33 Å². The predicted molar refractivity (Wildman–Crippen MR) is 88.7 cm³/mol. The molecule has 8 nitrogen and oxygen atoms in total.